The SMILES string of the molecule is N#Cc1ccc(C(=O)C=Cc2ccc(N3CCCCC3)cc2)cc1. The third-order valence-electron chi connectivity index (χ3n) is 4.34. The lowest BCUT2D eigenvalue weighted by Crippen LogP contribution is -2.29. The van der Waals surface area contributed by atoms with Gasteiger partial charge in [-0.3, -0.25) is 4.79 Å². The number of rotatable bonds is 4. The number of piperidine rings is 1. The zero-order valence-corrected chi connectivity index (χ0v) is 13.6. The first kappa shape index (κ1) is 16.0. The molecule has 0 amide bonds. The van der Waals surface area contributed by atoms with Crippen molar-refractivity contribution >= 4 is 17.5 Å². The average Bonchev–Trinajstić information content (AvgIpc) is 2.67. The third-order valence-corrected chi connectivity index (χ3v) is 4.34. The van der Waals surface area contributed by atoms with Crippen molar-refractivity contribution in [2.24, 2.45) is 0 Å². The summed E-state index contributed by atoms with van der Waals surface area (Å²) in [5, 5.41) is 8.78. The van der Waals surface area contributed by atoms with E-state index in [9.17, 15) is 4.79 Å². The fourth-order valence-corrected chi connectivity index (χ4v) is 2.93. The van der Waals surface area contributed by atoms with Crippen LogP contribution in [0.25, 0.3) is 6.08 Å². The Bertz CT molecular complexity index is 761. The van der Waals surface area contributed by atoms with Crippen LogP contribution in [0.5, 0.6) is 0 Å². The molecule has 0 aliphatic carbocycles. The quantitative estimate of drug-likeness (QED) is 0.618. The monoisotopic (exact) mass is 316 g/mol. The van der Waals surface area contributed by atoms with Crippen LogP contribution < -0.4 is 4.90 Å². The van der Waals surface area contributed by atoms with Crippen LogP contribution in [-0.4, -0.2) is 18.9 Å². The second-order valence-electron chi connectivity index (χ2n) is 6.03. The minimum Gasteiger partial charge on any atom is -0.372 e. The summed E-state index contributed by atoms with van der Waals surface area (Å²) >= 11 is 0. The highest BCUT2D eigenvalue weighted by atomic mass is 16.1. The fourth-order valence-electron chi connectivity index (χ4n) is 2.93. The molecule has 24 heavy (non-hydrogen) atoms. The molecule has 0 bridgehead atoms. The van der Waals surface area contributed by atoms with Crippen molar-refractivity contribution in [2.45, 2.75) is 19.3 Å². The molecule has 0 spiro atoms. The molecule has 2 aromatic rings. The number of nitrogens with zero attached hydrogens (tertiary/aromatic N) is 2. The highest BCUT2D eigenvalue weighted by Gasteiger charge is 2.10. The second-order valence-corrected chi connectivity index (χ2v) is 6.03. The number of anilines is 1. The van der Waals surface area contributed by atoms with E-state index < -0.39 is 0 Å². The minimum atomic E-state index is -0.0559. The zero-order chi connectivity index (χ0) is 16.8. The van der Waals surface area contributed by atoms with Crippen LogP contribution in [0.2, 0.25) is 0 Å². The van der Waals surface area contributed by atoms with Crippen LogP contribution in [0.15, 0.2) is 54.6 Å². The largest absolute Gasteiger partial charge is 0.372 e. The second kappa shape index (κ2) is 7.61. The standard InChI is InChI=1S/C21H20N2O/c22-16-18-4-9-19(10-5-18)21(24)13-8-17-6-11-20(12-7-17)23-14-2-1-3-15-23/h4-13H,1-3,14-15H2. The van der Waals surface area contributed by atoms with Crippen LogP contribution in [0, 0.1) is 11.3 Å². The molecule has 1 aliphatic rings. The molecule has 0 unspecified atom stereocenters. The minimum absolute atomic E-state index is 0.0559. The van der Waals surface area contributed by atoms with Gasteiger partial charge in [-0.25, -0.2) is 0 Å². The summed E-state index contributed by atoms with van der Waals surface area (Å²) < 4.78 is 0. The van der Waals surface area contributed by atoms with E-state index >= 15 is 0 Å². The molecule has 0 atom stereocenters. The van der Waals surface area contributed by atoms with Gasteiger partial charge >= 0.3 is 0 Å². The van der Waals surface area contributed by atoms with Gasteiger partial charge in [-0.15, -0.1) is 0 Å². The van der Waals surface area contributed by atoms with Crippen molar-refractivity contribution in [2.75, 3.05) is 18.0 Å². The number of carbonyl (C=O) groups excluding carboxylic acids is 1. The zero-order valence-electron chi connectivity index (χ0n) is 13.6. The van der Waals surface area contributed by atoms with E-state index in [1.54, 1.807) is 30.3 Å². The van der Waals surface area contributed by atoms with Crippen molar-refractivity contribution in [1.82, 2.24) is 0 Å². The predicted octanol–water partition coefficient (Wildman–Crippen LogP) is 4.44. The number of ketones is 1. The Kier molecular flexibility index (Phi) is 5.08. The maximum Gasteiger partial charge on any atom is 0.185 e. The van der Waals surface area contributed by atoms with E-state index in [2.05, 4.69) is 17.0 Å². The van der Waals surface area contributed by atoms with Gasteiger partial charge in [0, 0.05) is 24.3 Å². The first-order valence-electron chi connectivity index (χ1n) is 8.34. The van der Waals surface area contributed by atoms with E-state index in [4.69, 9.17) is 5.26 Å². The first-order chi connectivity index (χ1) is 11.8. The van der Waals surface area contributed by atoms with Crippen LogP contribution in [0.1, 0.15) is 40.7 Å². The van der Waals surface area contributed by atoms with E-state index in [1.165, 1.54) is 24.9 Å². The Labute approximate surface area is 142 Å². The first-order valence-corrected chi connectivity index (χ1v) is 8.34. The highest BCUT2D eigenvalue weighted by molar-refractivity contribution is 6.06. The lowest BCUT2D eigenvalue weighted by atomic mass is 10.1. The molecule has 0 radical (unpaired) electrons. The van der Waals surface area contributed by atoms with E-state index in [0.717, 1.165) is 18.7 Å². The Balaban J connectivity index is 1.65. The summed E-state index contributed by atoms with van der Waals surface area (Å²) in [6.45, 7) is 2.26. The molecule has 120 valence electrons. The van der Waals surface area contributed by atoms with Crippen molar-refractivity contribution in [1.29, 1.82) is 5.26 Å². The van der Waals surface area contributed by atoms with E-state index in [1.807, 2.05) is 24.3 Å². The lowest BCUT2D eigenvalue weighted by molar-refractivity contribution is 0.104. The number of benzene rings is 2. The topological polar surface area (TPSA) is 44.1 Å². The van der Waals surface area contributed by atoms with Crippen molar-refractivity contribution in [3.8, 4) is 6.07 Å². The molecular formula is C21H20N2O. The van der Waals surface area contributed by atoms with Crippen molar-refractivity contribution in [3.63, 3.8) is 0 Å². The molecule has 0 N–H and O–H groups in total. The Morgan fingerprint density at radius 2 is 1.62 bits per heavy atom. The van der Waals surface area contributed by atoms with E-state index in [0.29, 0.717) is 11.1 Å². The fraction of sp³-hybridized carbons (Fsp3) is 0.238. The molecular weight excluding hydrogens is 296 g/mol. The summed E-state index contributed by atoms with van der Waals surface area (Å²) in [5.41, 5.74) is 3.42. The van der Waals surface area contributed by atoms with Crippen LogP contribution in [0.4, 0.5) is 5.69 Å². The molecule has 1 heterocycles. The van der Waals surface area contributed by atoms with Gasteiger partial charge in [-0.2, -0.15) is 5.26 Å². The normalized spacial score (nSPS) is 14.5. The summed E-state index contributed by atoms with van der Waals surface area (Å²) in [5.74, 6) is -0.0559. The summed E-state index contributed by atoms with van der Waals surface area (Å²) in [6, 6.07) is 17.1. The van der Waals surface area contributed by atoms with Crippen LogP contribution >= 0.6 is 0 Å². The van der Waals surface area contributed by atoms with Crippen LogP contribution in [-0.2, 0) is 0 Å². The highest BCUT2D eigenvalue weighted by Crippen LogP contribution is 2.20. The van der Waals surface area contributed by atoms with E-state index in [-0.39, 0.29) is 5.78 Å². The maximum atomic E-state index is 12.2. The molecule has 1 aliphatic heterocycles. The van der Waals surface area contributed by atoms with Gasteiger partial charge in [0.2, 0.25) is 0 Å². The van der Waals surface area contributed by atoms with Gasteiger partial charge in [0.05, 0.1) is 11.6 Å². The number of carbonyl (C=O) groups is 1. The number of hydrogen-bond acceptors (Lipinski definition) is 3. The molecule has 3 heteroatoms. The molecule has 1 saturated heterocycles. The predicted molar refractivity (Wildman–Crippen MR) is 97.0 cm³/mol. The molecule has 0 saturated carbocycles. The van der Waals surface area contributed by atoms with Gasteiger partial charge < -0.3 is 4.90 Å². The Hall–Kier alpha value is -2.86. The van der Waals surface area contributed by atoms with Crippen molar-refractivity contribution < 1.29 is 4.79 Å². The average molecular weight is 316 g/mol. The summed E-state index contributed by atoms with van der Waals surface area (Å²) in [6.07, 6.45) is 7.27. The lowest BCUT2D eigenvalue weighted by Gasteiger charge is -2.28. The number of nitriles is 1. The maximum absolute atomic E-state index is 12.2. The molecule has 3 rings (SSSR count). The van der Waals surface area contributed by atoms with Gasteiger partial charge in [0.1, 0.15) is 0 Å². The smallest absolute Gasteiger partial charge is 0.185 e. The summed E-state index contributed by atoms with van der Waals surface area (Å²) in [7, 11) is 0. The molecule has 3 nitrogen and oxygen atoms in total. The molecule has 0 aromatic heterocycles. The molecule has 1 fully saturated rings. The third kappa shape index (κ3) is 3.91. The van der Waals surface area contributed by atoms with Gasteiger partial charge in [0.15, 0.2) is 5.78 Å². The van der Waals surface area contributed by atoms with Gasteiger partial charge in [-0.05, 0) is 67.3 Å². The summed E-state index contributed by atoms with van der Waals surface area (Å²) in [4.78, 5) is 14.6. The number of allylic oxidation sites excluding steroid dienone is 1. The van der Waals surface area contributed by atoms with Gasteiger partial charge in [0.25, 0.3) is 0 Å². The Morgan fingerprint density at radius 1 is 0.958 bits per heavy atom. The molecule has 2 aromatic carbocycles. The van der Waals surface area contributed by atoms with Crippen molar-refractivity contribution in [3.05, 3.63) is 71.3 Å². The van der Waals surface area contributed by atoms with Crippen LogP contribution in [0.3, 0.4) is 0 Å². The Morgan fingerprint density at radius 3 is 2.25 bits per heavy atom. The van der Waals surface area contributed by atoms with Gasteiger partial charge in [-0.1, -0.05) is 18.2 Å². The number of hydrogen-bond donors (Lipinski definition) is 0.